The van der Waals surface area contributed by atoms with Crippen LogP contribution < -0.4 is 0 Å². The molecule has 0 aliphatic heterocycles. The van der Waals surface area contributed by atoms with E-state index in [2.05, 4.69) is 15.9 Å². The molecule has 0 aliphatic carbocycles. The third-order valence-electron chi connectivity index (χ3n) is 5.87. The standard InChI is InChI=1S/C28H26BrNO4S2/c1-21-7-3-4-12-28(21)36(33,34)30(20-23-8-5-10-26(29)17-23)19-22-13-15-24(16-14-22)25-9-6-11-27(18-25)35(2,31)32/h3-18H,19-20H2,1-2H3. The van der Waals surface area contributed by atoms with Crippen LogP contribution in [0.3, 0.4) is 0 Å². The van der Waals surface area contributed by atoms with Gasteiger partial charge in [-0.1, -0.05) is 82.7 Å². The van der Waals surface area contributed by atoms with Gasteiger partial charge in [0, 0.05) is 23.8 Å². The van der Waals surface area contributed by atoms with Crippen LogP contribution in [0.15, 0.2) is 111 Å². The Morgan fingerprint density at radius 3 is 2.03 bits per heavy atom. The monoisotopic (exact) mass is 583 g/mol. The van der Waals surface area contributed by atoms with E-state index in [0.29, 0.717) is 5.56 Å². The zero-order valence-electron chi connectivity index (χ0n) is 19.9. The zero-order valence-corrected chi connectivity index (χ0v) is 23.1. The summed E-state index contributed by atoms with van der Waals surface area (Å²) in [5.74, 6) is 0. The zero-order chi connectivity index (χ0) is 25.9. The molecule has 0 radical (unpaired) electrons. The molecule has 0 aromatic heterocycles. The van der Waals surface area contributed by atoms with Gasteiger partial charge in [0.2, 0.25) is 10.0 Å². The molecule has 36 heavy (non-hydrogen) atoms. The number of sulfonamides is 1. The Kier molecular flexibility index (Phi) is 7.80. The highest BCUT2D eigenvalue weighted by atomic mass is 79.9. The largest absolute Gasteiger partial charge is 0.243 e. The average molecular weight is 585 g/mol. The maximum atomic E-state index is 13.7. The van der Waals surface area contributed by atoms with Crippen molar-refractivity contribution in [2.75, 3.05) is 6.26 Å². The van der Waals surface area contributed by atoms with Crippen LogP contribution in [-0.4, -0.2) is 27.4 Å². The molecule has 0 aliphatic rings. The lowest BCUT2D eigenvalue weighted by Gasteiger charge is -2.24. The fourth-order valence-electron chi connectivity index (χ4n) is 3.96. The summed E-state index contributed by atoms with van der Waals surface area (Å²) in [4.78, 5) is 0.544. The van der Waals surface area contributed by atoms with Gasteiger partial charge in [-0.15, -0.1) is 0 Å². The second-order valence-electron chi connectivity index (χ2n) is 8.67. The first kappa shape index (κ1) is 26.3. The average Bonchev–Trinajstić information content (AvgIpc) is 2.84. The Morgan fingerprint density at radius 1 is 0.694 bits per heavy atom. The second kappa shape index (κ2) is 10.7. The lowest BCUT2D eigenvalue weighted by Crippen LogP contribution is -2.30. The maximum Gasteiger partial charge on any atom is 0.243 e. The molecule has 186 valence electrons. The minimum atomic E-state index is -3.77. The van der Waals surface area contributed by atoms with Gasteiger partial charge in [0.1, 0.15) is 0 Å². The predicted octanol–water partition coefficient (Wildman–Crippen LogP) is 6.22. The van der Waals surface area contributed by atoms with Crippen molar-refractivity contribution in [1.82, 2.24) is 4.31 Å². The van der Waals surface area contributed by atoms with Crippen molar-refractivity contribution < 1.29 is 16.8 Å². The summed E-state index contributed by atoms with van der Waals surface area (Å²) in [5.41, 5.74) is 4.02. The highest BCUT2D eigenvalue weighted by molar-refractivity contribution is 9.10. The number of halogens is 1. The van der Waals surface area contributed by atoms with E-state index in [1.165, 1.54) is 10.6 Å². The summed E-state index contributed by atoms with van der Waals surface area (Å²) in [6, 6.07) is 28.9. The van der Waals surface area contributed by atoms with E-state index in [0.717, 1.165) is 26.7 Å². The molecule has 0 unspecified atom stereocenters. The fourth-order valence-corrected chi connectivity index (χ4v) is 6.72. The molecule has 4 aromatic rings. The van der Waals surface area contributed by atoms with Gasteiger partial charge in [-0.3, -0.25) is 0 Å². The smallest absolute Gasteiger partial charge is 0.224 e. The molecule has 0 heterocycles. The van der Waals surface area contributed by atoms with E-state index in [-0.39, 0.29) is 22.9 Å². The van der Waals surface area contributed by atoms with Gasteiger partial charge in [-0.25, -0.2) is 16.8 Å². The van der Waals surface area contributed by atoms with Crippen LogP contribution in [0.1, 0.15) is 16.7 Å². The van der Waals surface area contributed by atoms with Crippen molar-refractivity contribution in [3.05, 3.63) is 118 Å². The predicted molar refractivity (Wildman–Crippen MR) is 147 cm³/mol. The number of hydrogen-bond acceptors (Lipinski definition) is 4. The summed E-state index contributed by atoms with van der Waals surface area (Å²) in [7, 11) is -7.09. The van der Waals surface area contributed by atoms with Crippen LogP contribution in [-0.2, 0) is 33.0 Å². The fraction of sp³-hybridized carbons (Fsp3) is 0.143. The molecule has 0 atom stereocenters. The van der Waals surface area contributed by atoms with Crippen molar-refractivity contribution >= 4 is 35.8 Å². The van der Waals surface area contributed by atoms with Crippen molar-refractivity contribution in [3.63, 3.8) is 0 Å². The van der Waals surface area contributed by atoms with Crippen LogP contribution in [0.5, 0.6) is 0 Å². The van der Waals surface area contributed by atoms with Crippen molar-refractivity contribution in [2.45, 2.75) is 29.8 Å². The number of sulfone groups is 1. The normalized spacial score (nSPS) is 12.1. The molecule has 5 nitrogen and oxygen atoms in total. The molecule has 0 saturated heterocycles. The van der Waals surface area contributed by atoms with Gasteiger partial charge in [-0.05, 0) is 65.1 Å². The summed E-state index contributed by atoms with van der Waals surface area (Å²) < 4.78 is 53.7. The van der Waals surface area contributed by atoms with Gasteiger partial charge in [-0.2, -0.15) is 4.31 Å². The Labute approximate surface area is 221 Å². The van der Waals surface area contributed by atoms with Gasteiger partial charge in [0.25, 0.3) is 0 Å². The van der Waals surface area contributed by atoms with E-state index in [1.54, 1.807) is 43.3 Å². The SMILES string of the molecule is Cc1ccccc1S(=O)(=O)N(Cc1ccc(-c2cccc(S(C)(=O)=O)c2)cc1)Cc1cccc(Br)c1. The van der Waals surface area contributed by atoms with Crippen LogP contribution >= 0.6 is 15.9 Å². The Bertz CT molecular complexity index is 1600. The molecule has 0 N–H and O–H groups in total. The van der Waals surface area contributed by atoms with Crippen LogP contribution in [0.2, 0.25) is 0 Å². The van der Waals surface area contributed by atoms with Gasteiger partial charge in [0.15, 0.2) is 9.84 Å². The summed E-state index contributed by atoms with van der Waals surface area (Å²) in [5, 5.41) is 0. The van der Waals surface area contributed by atoms with Crippen molar-refractivity contribution in [3.8, 4) is 11.1 Å². The highest BCUT2D eigenvalue weighted by Crippen LogP contribution is 2.27. The maximum absolute atomic E-state index is 13.7. The number of benzene rings is 4. The lowest BCUT2D eigenvalue weighted by atomic mass is 10.0. The molecule has 0 spiro atoms. The first-order valence-corrected chi connectivity index (χ1v) is 15.4. The van der Waals surface area contributed by atoms with E-state index in [1.807, 2.05) is 60.7 Å². The van der Waals surface area contributed by atoms with Crippen molar-refractivity contribution in [1.29, 1.82) is 0 Å². The van der Waals surface area contributed by atoms with Gasteiger partial charge >= 0.3 is 0 Å². The third kappa shape index (κ3) is 6.13. The lowest BCUT2D eigenvalue weighted by molar-refractivity contribution is 0.401. The third-order valence-corrected chi connectivity index (χ3v) is 9.42. The van der Waals surface area contributed by atoms with E-state index >= 15 is 0 Å². The molecule has 4 rings (SSSR count). The van der Waals surface area contributed by atoms with Gasteiger partial charge < -0.3 is 0 Å². The Hall–Kier alpha value is -2.78. The van der Waals surface area contributed by atoms with E-state index in [4.69, 9.17) is 0 Å². The summed E-state index contributed by atoms with van der Waals surface area (Å²) in [6.45, 7) is 2.20. The topological polar surface area (TPSA) is 71.5 Å². The number of aryl methyl sites for hydroxylation is 1. The number of rotatable bonds is 8. The first-order chi connectivity index (χ1) is 17.0. The summed E-state index contributed by atoms with van der Waals surface area (Å²) in [6.07, 6.45) is 1.18. The van der Waals surface area contributed by atoms with Crippen LogP contribution in [0.4, 0.5) is 0 Å². The molecule has 0 fully saturated rings. The molecular formula is C28H26BrNO4S2. The molecule has 4 aromatic carbocycles. The van der Waals surface area contributed by atoms with Crippen LogP contribution in [0.25, 0.3) is 11.1 Å². The summed E-state index contributed by atoms with van der Waals surface area (Å²) >= 11 is 3.47. The second-order valence-corrected chi connectivity index (χ2v) is 13.5. The molecule has 0 bridgehead atoms. The number of nitrogens with zero attached hydrogens (tertiary/aromatic N) is 1. The minimum Gasteiger partial charge on any atom is -0.224 e. The van der Waals surface area contributed by atoms with E-state index < -0.39 is 19.9 Å². The molecular weight excluding hydrogens is 558 g/mol. The molecule has 0 saturated carbocycles. The molecule has 0 amide bonds. The van der Waals surface area contributed by atoms with Gasteiger partial charge in [0.05, 0.1) is 9.79 Å². The highest BCUT2D eigenvalue weighted by Gasteiger charge is 2.26. The van der Waals surface area contributed by atoms with Crippen LogP contribution in [0, 0.1) is 6.92 Å². The Morgan fingerprint density at radius 2 is 1.36 bits per heavy atom. The Balaban J connectivity index is 1.67. The number of hydrogen-bond donors (Lipinski definition) is 0. The molecule has 8 heteroatoms. The first-order valence-electron chi connectivity index (χ1n) is 11.2. The van der Waals surface area contributed by atoms with E-state index in [9.17, 15) is 16.8 Å². The van der Waals surface area contributed by atoms with Crippen molar-refractivity contribution in [2.24, 2.45) is 0 Å². The minimum absolute atomic E-state index is 0.187. The quantitative estimate of drug-likeness (QED) is 0.247.